The summed E-state index contributed by atoms with van der Waals surface area (Å²) in [5.41, 5.74) is 0.566. The molecular formula is C13H18O3S. The summed E-state index contributed by atoms with van der Waals surface area (Å²) < 4.78 is 22.9. The van der Waals surface area contributed by atoms with Crippen molar-refractivity contribution in [3.63, 3.8) is 0 Å². The van der Waals surface area contributed by atoms with E-state index in [2.05, 4.69) is 0 Å². The van der Waals surface area contributed by atoms with Gasteiger partial charge in [0.2, 0.25) is 0 Å². The Labute approximate surface area is 103 Å². The van der Waals surface area contributed by atoms with Gasteiger partial charge in [-0.3, -0.25) is 4.79 Å². The van der Waals surface area contributed by atoms with Gasteiger partial charge >= 0.3 is 0 Å². The molecule has 1 aromatic carbocycles. The van der Waals surface area contributed by atoms with Gasteiger partial charge in [0.05, 0.1) is 10.5 Å². The average molecular weight is 254 g/mol. The molecule has 0 N–H and O–H groups in total. The first-order chi connectivity index (χ1) is 7.74. The standard InChI is InChI=1S/C13H18O3S/c1-13(2,3)17(15,16)10-9-12(14)11-7-5-4-6-8-11/h4-8H,9-10H2,1-3H3. The van der Waals surface area contributed by atoms with Crippen LogP contribution < -0.4 is 0 Å². The average Bonchev–Trinajstić information content (AvgIpc) is 2.25. The second-order valence-electron chi connectivity index (χ2n) is 4.97. The number of hydrogen-bond donors (Lipinski definition) is 0. The van der Waals surface area contributed by atoms with E-state index in [9.17, 15) is 13.2 Å². The van der Waals surface area contributed by atoms with E-state index in [1.165, 1.54) is 0 Å². The number of Topliss-reactive ketones (excluding diaryl/α,β-unsaturated/α-hetero) is 1. The molecular weight excluding hydrogens is 236 g/mol. The molecule has 0 bridgehead atoms. The molecule has 0 amide bonds. The number of carbonyl (C=O) groups is 1. The maximum absolute atomic E-state index is 11.8. The van der Waals surface area contributed by atoms with E-state index in [4.69, 9.17) is 0 Å². The Kier molecular flexibility index (Phi) is 4.09. The Hall–Kier alpha value is -1.16. The molecule has 1 aromatic rings. The van der Waals surface area contributed by atoms with Gasteiger partial charge in [0.25, 0.3) is 0 Å². The van der Waals surface area contributed by atoms with E-state index in [0.29, 0.717) is 5.56 Å². The molecule has 0 aliphatic rings. The Morgan fingerprint density at radius 1 is 1.12 bits per heavy atom. The number of carbonyl (C=O) groups excluding carboxylic acids is 1. The van der Waals surface area contributed by atoms with Crippen LogP contribution in [0.1, 0.15) is 37.6 Å². The zero-order chi connectivity index (χ0) is 13.1. The van der Waals surface area contributed by atoms with Crippen molar-refractivity contribution in [1.82, 2.24) is 0 Å². The van der Waals surface area contributed by atoms with E-state index in [-0.39, 0.29) is 18.0 Å². The van der Waals surface area contributed by atoms with Gasteiger partial charge in [0.1, 0.15) is 0 Å². The van der Waals surface area contributed by atoms with Gasteiger partial charge in [-0.05, 0) is 20.8 Å². The lowest BCUT2D eigenvalue weighted by molar-refractivity contribution is 0.0988. The third-order valence-corrected chi connectivity index (χ3v) is 5.23. The van der Waals surface area contributed by atoms with E-state index in [0.717, 1.165) is 0 Å². The monoisotopic (exact) mass is 254 g/mol. The highest BCUT2D eigenvalue weighted by atomic mass is 32.2. The van der Waals surface area contributed by atoms with Crippen LogP contribution in [-0.2, 0) is 9.84 Å². The van der Waals surface area contributed by atoms with E-state index < -0.39 is 14.6 Å². The minimum absolute atomic E-state index is 0.0453. The van der Waals surface area contributed by atoms with Gasteiger partial charge in [-0.1, -0.05) is 30.3 Å². The molecule has 0 spiro atoms. The molecule has 17 heavy (non-hydrogen) atoms. The first-order valence-electron chi connectivity index (χ1n) is 5.54. The van der Waals surface area contributed by atoms with Crippen LogP contribution in [0.5, 0.6) is 0 Å². The third kappa shape index (κ3) is 3.66. The molecule has 0 aliphatic heterocycles. The van der Waals surface area contributed by atoms with E-state index >= 15 is 0 Å². The zero-order valence-electron chi connectivity index (χ0n) is 10.4. The molecule has 3 nitrogen and oxygen atoms in total. The summed E-state index contributed by atoms with van der Waals surface area (Å²) in [7, 11) is -3.22. The maximum atomic E-state index is 11.8. The molecule has 0 heterocycles. The minimum atomic E-state index is -3.22. The SMILES string of the molecule is CC(C)(C)S(=O)(=O)CCC(=O)c1ccccc1. The molecule has 0 aliphatic carbocycles. The van der Waals surface area contributed by atoms with Crippen LogP contribution in [0.2, 0.25) is 0 Å². The van der Waals surface area contributed by atoms with Gasteiger partial charge in [0, 0.05) is 12.0 Å². The Balaban J connectivity index is 2.68. The van der Waals surface area contributed by atoms with Crippen LogP contribution in [0.25, 0.3) is 0 Å². The number of ketones is 1. The van der Waals surface area contributed by atoms with Gasteiger partial charge in [0.15, 0.2) is 15.6 Å². The second kappa shape index (κ2) is 5.00. The fourth-order valence-corrected chi connectivity index (χ4v) is 2.37. The highest BCUT2D eigenvalue weighted by molar-refractivity contribution is 7.92. The van der Waals surface area contributed by atoms with Gasteiger partial charge in [-0.25, -0.2) is 8.42 Å². The summed E-state index contributed by atoms with van der Waals surface area (Å²) in [5, 5.41) is 0. The summed E-state index contributed by atoms with van der Waals surface area (Å²) in [6.45, 7) is 4.94. The van der Waals surface area contributed by atoms with E-state index in [1.807, 2.05) is 6.07 Å². The van der Waals surface area contributed by atoms with E-state index in [1.54, 1.807) is 45.0 Å². The van der Waals surface area contributed by atoms with Crippen molar-refractivity contribution in [2.45, 2.75) is 31.9 Å². The van der Waals surface area contributed by atoms with Gasteiger partial charge < -0.3 is 0 Å². The lowest BCUT2D eigenvalue weighted by atomic mass is 10.1. The predicted molar refractivity (Wildman–Crippen MR) is 68.9 cm³/mol. The molecule has 1 rings (SSSR count). The summed E-state index contributed by atoms with van der Waals surface area (Å²) in [4.78, 5) is 11.8. The van der Waals surface area contributed by atoms with Gasteiger partial charge in [-0.2, -0.15) is 0 Å². The van der Waals surface area contributed by atoms with Crippen molar-refractivity contribution in [1.29, 1.82) is 0 Å². The van der Waals surface area contributed by atoms with Crippen LogP contribution in [0.15, 0.2) is 30.3 Å². The molecule has 94 valence electrons. The molecule has 0 saturated heterocycles. The fraction of sp³-hybridized carbons (Fsp3) is 0.462. The number of benzene rings is 1. The molecule has 0 saturated carbocycles. The van der Waals surface area contributed by atoms with Crippen LogP contribution in [0.3, 0.4) is 0 Å². The van der Waals surface area contributed by atoms with Crippen molar-refractivity contribution in [2.24, 2.45) is 0 Å². The second-order valence-corrected chi connectivity index (χ2v) is 7.83. The number of sulfone groups is 1. The quantitative estimate of drug-likeness (QED) is 0.776. The molecule has 0 unspecified atom stereocenters. The smallest absolute Gasteiger partial charge is 0.163 e. The molecule has 0 atom stereocenters. The number of rotatable bonds is 4. The normalized spacial score (nSPS) is 12.4. The van der Waals surface area contributed by atoms with Crippen molar-refractivity contribution in [3.05, 3.63) is 35.9 Å². The van der Waals surface area contributed by atoms with Crippen molar-refractivity contribution >= 4 is 15.6 Å². The number of hydrogen-bond acceptors (Lipinski definition) is 3. The first-order valence-corrected chi connectivity index (χ1v) is 7.20. The van der Waals surface area contributed by atoms with Gasteiger partial charge in [-0.15, -0.1) is 0 Å². The van der Waals surface area contributed by atoms with Crippen LogP contribution in [0.4, 0.5) is 0 Å². The van der Waals surface area contributed by atoms with Crippen molar-refractivity contribution < 1.29 is 13.2 Å². The summed E-state index contributed by atoms with van der Waals surface area (Å²) in [6, 6.07) is 8.76. The molecule has 0 fully saturated rings. The minimum Gasteiger partial charge on any atom is -0.294 e. The molecule has 0 radical (unpaired) electrons. The van der Waals surface area contributed by atoms with Crippen LogP contribution in [0, 0.1) is 0 Å². The van der Waals surface area contributed by atoms with Crippen LogP contribution >= 0.6 is 0 Å². The Bertz CT molecular complexity index is 481. The van der Waals surface area contributed by atoms with Crippen molar-refractivity contribution in [3.8, 4) is 0 Å². The van der Waals surface area contributed by atoms with Crippen molar-refractivity contribution in [2.75, 3.05) is 5.75 Å². The van der Waals surface area contributed by atoms with Crippen LogP contribution in [-0.4, -0.2) is 24.7 Å². The first kappa shape index (κ1) is 13.9. The highest BCUT2D eigenvalue weighted by Gasteiger charge is 2.29. The molecule has 4 heteroatoms. The predicted octanol–water partition coefficient (Wildman–Crippen LogP) is 2.47. The third-order valence-electron chi connectivity index (χ3n) is 2.63. The highest BCUT2D eigenvalue weighted by Crippen LogP contribution is 2.17. The zero-order valence-corrected chi connectivity index (χ0v) is 11.3. The summed E-state index contributed by atoms with van der Waals surface area (Å²) in [5.74, 6) is -0.219. The summed E-state index contributed by atoms with van der Waals surface area (Å²) >= 11 is 0. The fourth-order valence-electron chi connectivity index (χ4n) is 1.30. The molecule has 0 aromatic heterocycles. The Morgan fingerprint density at radius 3 is 2.12 bits per heavy atom. The largest absolute Gasteiger partial charge is 0.294 e. The summed E-state index contributed by atoms with van der Waals surface area (Å²) in [6.07, 6.45) is 0.0453. The topological polar surface area (TPSA) is 51.2 Å². The maximum Gasteiger partial charge on any atom is 0.163 e. The lowest BCUT2D eigenvalue weighted by Crippen LogP contribution is -2.31. The Morgan fingerprint density at radius 2 is 1.65 bits per heavy atom. The lowest BCUT2D eigenvalue weighted by Gasteiger charge is -2.18.